The first-order valence-electron chi connectivity index (χ1n) is 7.46. The lowest BCUT2D eigenvalue weighted by molar-refractivity contribution is -0.124. The van der Waals surface area contributed by atoms with Crippen LogP contribution < -0.4 is 10.6 Å². The maximum absolute atomic E-state index is 12.0. The van der Waals surface area contributed by atoms with Crippen LogP contribution in [0.4, 0.5) is 5.69 Å². The first-order valence-corrected chi connectivity index (χ1v) is 7.46. The highest BCUT2D eigenvalue weighted by Crippen LogP contribution is 2.19. The van der Waals surface area contributed by atoms with Gasteiger partial charge in [0.15, 0.2) is 5.69 Å². The van der Waals surface area contributed by atoms with Crippen LogP contribution in [0.2, 0.25) is 0 Å². The van der Waals surface area contributed by atoms with E-state index in [1.165, 1.54) is 16.9 Å². The fourth-order valence-corrected chi connectivity index (χ4v) is 2.04. The quantitative estimate of drug-likeness (QED) is 0.710. The molecule has 0 spiro atoms. The van der Waals surface area contributed by atoms with Crippen molar-refractivity contribution in [2.45, 2.75) is 19.8 Å². The van der Waals surface area contributed by atoms with Crippen LogP contribution in [0.5, 0.6) is 0 Å². The number of para-hydroxylation sites is 2. The average Bonchev–Trinajstić information content (AvgIpc) is 3.04. The van der Waals surface area contributed by atoms with E-state index < -0.39 is 5.97 Å². The highest BCUT2D eigenvalue weighted by atomic mass is 16.4. The van der Waals surface area contributed by atoms with Gasteiger partial charge in [0.2, 0.25) is 11.8 Å². The third-order valence-electron chi connectivity index (χ3n) is 3.16. The van der Waals surface area contributed by atoms with E-state index in [0.29, 0.717) is 24.2 Å². The summed E-state index contributed by atoms with van der Waals surface area (Å²) in [5.74, 6) is -1.69. The molecule has 0 aliphatic heterocycles. The molecule has 0 unspecified atom stereocenters. The SMILES string of the molecule is CCCC(=O)NCC(=O)Nc1ccccc1-n1ccc(C(=O)O)n1. The summed E-state index contributed by atoms with van der Waals surface area (Å²) in [6.07, 6.45) is 2.58. The molecule has 0 saturated heterocycles. The molecule has 8 nitrogen and oxygen atoms in total. The van der Waals surface area contributed by atoms with Gasteiger partial charge in [0.1, 0.15) is 0 Å². The molecule has 0 bridgehead atoms. The van der Waals surface area contributed by atoms with Gasteiger partial charge in [-0.1, -0.05) is 19.1 Å². The molecule has 2 rings (SSSR count). The van der Waals surface area contributed by atoms with Crippen LogP contribution in [0.25, 0.3) is 5.69 Å². The number of carboxylic acids is 1. The Morgan fingerprint density at radius 3 is 2.58 bits per heavy atom. The molecule has 3 N–H and O–H groups in total. The molecular weight excluding hydrogens is 312 g/mol. The molecule has 8 heteroatoms. The number of anilines is 1. The van der Waals surface area contributed by atoms with Gasteiger partial charge in [-0.05, 0) is 24.6 Å². The van der Waals surface area contributed by atoms with Crippen LogP contribution in [0.15, 0.2) is 36.5 Å². The summed E-state index contributed by atoms with van der Waals surface area (Å²) in [7, 11) is 0. The van der Waals surface area contributed by atoms with Crippen LogP contribution in [0.1, 0.15) is 30.3 Å². The van der Waals surface area contributed by atoms with E-state index in [0.717, 1.165) is 0 Å². The van der Waals surface area contributed by atoms with E-state index in [-0.39, 0.29) is 24.1 Å². The van der Waals surface area contributed by atoms with Gasteiger partial charge in [0, 0.05) is 12.6 Å². The molecule has 1 heterocycles. The van der Waals surface area contributed by atoms with E-state index >= 15 is 0 Å². The van der Waals surface area contributed by atoms with Gasteiger partial charge in [-0.25, -0.2) is 9.48 Å². The minimum atomic E-state index is -1.13. The van der Waals surface area contributed by atoms with Crippen molar-refractivity contribution < 1.29 is 19.5 Å². The number of aromatic nitrogens is 2. The largest absolute Gasteiger partial charge is 0.476 e. The summed E-state index contributed by atoms with van der Waals surface area (Å²) in [4.78, 5) is 34.3. The Hall–Kier alpha value is -3.16. The number of rotatable bonds is 7. The second kappa shape index (κ2) is 7.91. The normalized spacial score (nSPS) is 10.2. The molecule has 1 aromatic carbocycles. The Morgan fingerprint density at radius 1 is 1.17 bits per heavy atom. The number of nitrogens with zero attached hydrogens (tertiary/aromatic N) is 2. The molecule has 1 aromatic heterocycles. The highest BCUT2D eigenvalue weighted by Gasteiger charge is 2.12. The Labute approximate surface area is 138 Å². The fraction of sp³-hybridized carbons (Fsp3) is 0.250. The van der Waals surface area contributed by atoms with Crippen molar-refractivity contribution in [1.29, 1.82) is 0 Å². The molecule has 126 valence electrons. The van der Waals surface area contributed by atoms with Crippen LogP contribution in [0, 0.1) is 0 Å². The summed E-state index contributed by atoms with van der Waals surface area (Å²) in [6, 6.07) is 8.21. The van der Waals surface area contributed by atoms with Gasteiger partial charge >= 0.3 is 5.97 Å². The van der Waals surface area contributed by atoms with Crippen molar-refractivity contribution in [2.24, 2.45) is 0 Å². The van der Waals surface area contributed by atoms with Crippen LogP contribution >= 0.6 is 0 Å². The predicted molar refractivity (Wildman–Crippen MR) is 87.1 cm³/mol. The predicted octanol–water partition coefficient (Wildman–Crippen LogP) is 1.43. The molecule has 0 aliphatic carbocycles. The van der Waals surface area contributed by atoms with Crippen LogP contribution in [-0.4, -0.2) is 39.2 Å². The second-order valence-corrected chi connectivity index (χ2v) is 5.04. The number of hydrogen-bond donors (Lipinski definition) is 3. The zero-order valence-corrected chi connectivity index (χ0v) is 13.2. The van der Waals surface area contributed by atoms with Gasteiger partial charge in [0.25, 0.3) is 0 Å². The lowest BCUT2D eigenvalue weighted by Gasteiger charge is -2.11. The summed E-state index contributed by atoms with van der Waals surface area (Å²) in [6.45, 7) is 1.75. The maximum atomic E-state index is 12.0. The molecule has 0 saturated carbocycles. The number of benzene rings is 1. The van der Waals surface area contributed by atoms with E-state index in [1.807, 2.05) is 6.92 Å². The summed E-state index contributed by atoms with van der Waals surface area (Å²) >= 11 is 0. The van der Waals surface area contributed by atoms with E-state index in [4.69, 9.17) is 5.11 Å². The summed E-state index contributed by atoms with van der Waals surface area (Å²) in [5, 5.41) is 18.1. The number of carbonyl (C=O) groups is 3. The van der Waals surface area contributed by atoms with Gasteiger partial charge in [-0.3, -0.25) is 9.59 Å². The van der Waals surface area contributed by atoms with E-state index in [1.54, 1.807) is 24.3 Å². The third-order valence-corrected chi connectivity index (χ3v) is 3.16. The van der Waals surface area contributed by atoms with E-state index in [9.17, 15) is 14.4 Å². The van der Waals surface area contributed by atoms with Gasteiger partial charge in [0.05, 0.1) is 17.9 Å². The number of carboxylic acid groups (broad SMARTS) is 1. The number of amides is 2. The fourth-order valence-electron chi connectivity index (χ4n) is 2.04. The second-order valence-electron chi connectivity index (χ2n) is 5.04. The molecular formula is C16H18N4O4. The molecule has 0 radical (unpaired) electrons. The van der Waals surface area contributed by atoms with Crippen LogP contribution in [0.3, 0.4) is 0 Å². The standard InChI is InChI=1S/C16H18N4O4/c1-2-5-14(21)17-10-15(22)18-11-6-3-4-7-13(11)20-9-8-12(19-20)16(23)24/h3-4,6-9H,2,5,10H2,1H3,(H,17,21)(H,18,22)(H,23,24). The maximum Gasteiger partial charge on any atom is 0.356 e. The Balaban J connectivity index is 2.09. The molecule has 2 aromatic rings. The van der Waals surface area contributed by atoms with Gasteiger partial charge in [-0.15, -0.1) is 0 Å². The number of aromatic carboxylic acids is 1. The third kappa shape index (κ3) is 4.42. The summed E-state index contributed by atoms with van der Waals surface area (Å²) in [5.41, 5.74) is 0.897. The zero-order valence-electron chi connectivity index (χ0n) is 13.2. The lowest BCUT2D eigenvalue weighted by atomic mass is 10.2. The Bertz CT molecular complexity index is 754. The number of carbonyl (C=O) groups excluding carboxylic acids is 2. The Kier molecular flexibility index (Phi) is 5.67. The number of hydrogen-bond acceptors (Lipinski definition) is 4. The van der Waals surface area contributed by atoms with Crippen molar-refractivity contribution in [2.75, 3.05) is 11.9 Å². The minimum absolute atomic E-state index is 0.0945. The van der Waals surface area contributed by atoms with E-state index in [2.05, 4.69) is 15.7 Å². The zero-order chi connectivity index (χ0) is 17.5. The van der Waals surface area contributed by atoms with Crippen LogP contribution in [-0.2, 0) is 9.59 Å². The van der Waals surface area contributed by atoms with Crippen molar-refractivity contribution in [3.8, 4) is 5.69 Å². The number of nitrogens with one attached hydrogen (secondary N) is 2. The first-order chi connectivity index (χ1) is 11.5. The van der Waals surface area contributed by atoms with Gasteiger partial charge < -0.3 is 15.7 Å². The van der Waals surface area contributed by atoms with Crippen molar-refractivity contribution in [3.05, 3.63) is 42.2 Å². The summed E-state index contributed by atoms with van der Waals surface area (Å²) < 4.78 is 1.37. The first kappa shape index (κ1) is 17.2. The molecule has 0 atom stereocenters. The Morgan fingerprint density at radius 2 is 1.92 bits per heavy atom. The molecule has 0 fully saturated rings. The average molecular weight is 330 g/mol. The molecule has 0 aliphatic rings. The molecule has 2 amide bonds. The van der Waals surface area contributed by atoms with Crippen molar-refractivity contribution >= 4 is 23.5 Å². The topological polar surface area (TPSA) is 113 Å². The lowest BCUT2D eigenvalue weighted by Crippen LogP contribution is -2.32. The van der Waals surface area contributed by atoms with Crippen molar-refractivity contribution in [1.82, 2.24) is 15.1 Å². The monoisotopic (exact) mass is 330 g/mol. The smallest absolute Gasteiger partial charge is 0.356 e. The minimum Gasteiger partial charge on any atom is -0.476 e. The van der Waals surface area contributed by atoms with Crippen molar-refractivity contribution in [3.63, 3.8) is 0 Å². The molecule has 24 heavy (non-hydrogen) atoms. The van der Waals surface area contributed by atoms with Gasteiger partial charge in [-0.2, -0.15) is 5.10 Å². The highest BCUT2D eigenvalue weighted by molar-refractivity contribution is 5.96.